The first-order valence-electron chi connectivity index (χ1n) is 9.01. The number of halogens is 2. The monoisotopic (exact) mass is 431 g/mol. The van der Waals surface area contributed by atoms with Crippen molar-refractivity contribution in [1.29, 1.82) is 0 Å². The lowest BCUT2D eigenvalue weighted by molar-refractivity contribution is -0.116. The molecule has 3 aromatic rings. The number of thioether (sulfide) groups is 1. The van der Waals surface area contributed by atoms with E-state index in [0.717, 1.165) is 28.8 Å². The molecule has 0 saturated heterocycles. The van der Waals surface area contributed by atoms with Gasteiger partial charge in [-0.05, 0) is 48.2 Å². The average Bonchev–Trinajstić information content (AvgIpc) is 3.16. The van der Waals surface area contributed by atoms with E-state index < -0.39 is 11.6 Å². The Morgan fingerprint density at radius 3 is 2.53 bits per heavy atom. The van der Waals surface area contributed by atoms with Crippen LogP contribution in [0.4, 0.5) is 19.3 Å². The molecule has 30 heavy (non-hydrogen) atoms. The molecule has 0 bridgehead atoms. The van der Waals surface area contributed by atoms with Gasteiger partial charge in [0, 0.05) is 43.6 Å². The molecule has 0 radical (unpaired) electrons. The molecule has 1 aromatic heterocycles. The highest BCUT2D eigenvalue weighted by molar-refractivity contribution is 8.13. The Morgan fingerprint density at radius 2 is 1.87 bits per heavy atom. The van der Waals surface area contributed by atoms with E-state index in [4.69, 9.17) is 4.42 Å². The third-order valence-corrected chi connectivity index (χ3v) is 5.07. The normalized spacial score (nSPS) is 10.7. The van der Waals surface area contributed by atoms with Crippen molar-refractivity contribution in [3.63, 3.8) is 0 Å². The molecule has 1 N–H and O–H groups in total. The highest BCUT2D eigenvalue weighted by atomic mass is 32.2. The quantitative estimate of drug-likeness (QED) is 0.558. The molecule has 0 unspecified atom stereocenters. The van der Waals surface area contributed by atoms with Gasteiger partial charge in [-0.1, -0.05) is 0 Å². The number of carbonyl (C=O) groups is 2. The minimum absolute atomic E-state index is 0.0855. The summed E-state index contributed by atoms with van der Waals surface area (Å²) in [5, 5.41) is 2.67. The molecule has 0 aliphatic carbocycles. The van der Waals surface area contributed by atoms with Crippen LogP contribution in [0.2, 0.25) is 0 Å². The molecule has 6 nitrogen and oxygen atoms in total. The van der Waals surface area contributed by atoms with E-state index in [1.54, 1.807) is 38.4 Å². The number of aromatic nitrogens is 1. The van der Waals surface area contributed by atoms with Gasteiger partial charge in [0.25, 0.3) is 5.24 Å². The van der Waals surface area contributed by atoms with Gasteiger partial charge >= 0.3 is 0 Å². The number of nitrogens with one attached hydrogen (secondary N) is 1. The molecule has 0 spiro atoms. The Labute approximate surface area is 176 Å². The zero-order valence-corrected chi connectivity index (χ0v) is 17.1. The Bertz CT molecular complexity index is 1050. The van der Waals surface area contributed by atoms with Crippen LogP contribution in [0.5, 0.6) is 0 Å². The number of amides is 2. The summed E-state index contributed by atoms with van der Waals surface area (Å²) in [6.45, 7) is 0. The van der Waals surface area contributed by atoms with Gasteiger partial charge in [0.2, 0.25) is 5.91 Å². The Kier molecular flexibility index (Phi) is 6.83. The van der Waals surface area contributed by atoms with Gasteiger partial charge in [-0.15, -0.1) is 0 Å². The summed E-state index contributed by atoms with van der Waals surface area (Å²) in [6, 6.07) is 10.1. The fourth-order valence-corrected chi connectivity index (χ4v) is 3.14. The van der Waals surface area contributed by atoms with Crippen LogP contribution in [0.15, 0.2) is 58.0 Å². The predicted molar refractivity (Wildman–Crippen MR) is 110 cm³/mol. The van der Waals surface area contributed by atoms with Gasteiger partial charge in [0.05, 0.1) is 11.8 Å². The van der Waals surface area contributed by atoms with Crippen molar-refractivity contribution in [2.45, 2.75) is 17.7 Å². The number of hydrogen-bond acceptors (Lipinski definition) is 5. The highest BCUT2D eigenvalue weighted by Crippen LogP contribution is 2.25. The van der Waals surface area contributed by atoms with Crippen molar-refractivity contribution in [2.75, 3.05) is 19.4 Å². The maximum atomic E-state index is 13.8. The third-order valence-electron chi connectivity index (χ3n) is 4.02. The maximum Gasteiger partial charge on any atom is 0.285 e. The summed E-state index contributed by atoms with van der Waals surface area (Å²) >= 11 is 1.10. The van der Waals surface area contributed by atoms with Crippen molar-refractivity contribution in [3.05, 3.63) is 66.2 Å². The SMILES string of the molecule is CN(C)C(=O)Sc1ccc(NC(=O)CCc2ncc(-c3ccc(F)cc3F)o2)cc1. The topological polar surface area (TPSA) is 75.4 Å². The predicted octanol–water partition coefficient (Wildman–Crippen LogP) is 4.96. The van der Waals surface area contributed by atoms with E-state index in [9.17, 15) is 18.4 Å². The zero-order chi connectivity index (χ0) is 21.7. The Morgan fingerprint density at radius 1 is 1.13 bits per heavy atom. The number of oxazole rings is 1. The second kappa shape index (κ2) is 9.53. The van der Waals surface area contributed by atoms with E-state index in [1.807, 2.05) is 0 Å². The van der Waals surface area contributed by atoms with Gasteiger partial charge in [0.1, 0.15) is 11.6 Å². The van der Waals surface area contributed by atoms with Crippen LogP contribution in [-0.4, -0.2) is 35.1 Å². The fraction of sp³-hybridized carbons (Fsp3) is 0.190. The van der Waals surface area contributed by atoms with E-state index in [1.165, 1.54) is 17.2 Å². The van der Waals surface area contributed by atoms with Gasteiger partial charge in [-0.25, -0.2) is 13.8 Å². The molecule has 9 heteroatoms. The molecule has 0 aliphatic rings. The van der Waals surface area contributed by atoms with Crippen LogP contribution in [0.25, 0.3) is 11.3 Å². The van der Waals surface area contributed by atoms with Crippen molar-refractivity contribution in [1.82, 2.24) is 9.88 Å². The second-order valence-electron chi connectivity index (χ2n) is 6.58. The lowest BCUT2D eigenvalue weighted by Gasteiger charge is -2.09. The first-order chi connectivity index (χ1) is 14.3. The minimum Gasteiger partial charge on any atom is -0.441 e. The zero-order valence-electron chi connectivity index (χ0n) is 16.3. The third kappa shape index (κ3) is 5.66. The number of benzene rings is 2. The summed E-state index contributed by atoms with van der Waals surface area (Å²) in [4.78, 5) is 30.1. The summed E-state index contributed by atoms with van der Waals surface area (Å²) < 4.78 is 32.3. The number of hydrogen-bond donors (Lipinski definition) is 1. The second-order valence-corrected chi connectivity index (χ2v) is 7.60. The fourth-order valence-electron chi connectivity index (χ4n) is 2.48. The van der Waals surface area contributed by atoms with Crippen molar-refractivity contribution in [2.24, 2.45) is 0 Å². The van der Waals surface area contributed by atoms with Crippen molar-refractivity contribution >= 4 is 28.6 Å². The smallest absolute Gasteiger partial charge is 0.285 e. The summed E-state index contributed by atoms with van der Waals surface area (Å²) in [6.07, 6.45) is 1.68. The summed E-state index contributed by atoms with van der Waals surface area (Å²) in [7, 11) is 3.35. The minimum atomic E-state index is -0.746. The number of anilines is 1. The van der Waals surface area contributed by atoms with E-state index in [0.29, 0.717) is 5.69 Å². The van der Waals surface area contributed by atoms with Crippen molar-refractivity contribution in [3.8, 4) is 11.3 Å². The lowest BCUT2D eigenvalue weighted by atomic mass is 10.2. The molecule has 0 atom stereocenters. The van der Waals surface area contributed by atoms with Crippen LogP contribution in [-0.2, 0) is 11.2 Å². The van der Waals surface area contributed by atoms with E-state index in [2.05, 4.69) is 10.3 Å². The van der Waals surface area contributed by atoms with Crippen molar-refractivity contribution < 1.29 is 22.8 Å². The molecule has 0 aliphatic heterocycles. The molecule has 0 saturated carbocycles. The number of aryl methyl sites for hydroxylation is 1. The van der Waals surface area contributed by atoms with Crippen LogP contribution in [0, 0.1) is 11.6 Å². The molecule has 2 aromatic carbocycles. The number of carbonyl (C=O) groups excluding carboxylic acids is 2. The molecule has 2 amide bonds. The van der Waals surface area contributed by atoms with Crippen LogP contribution in [0.3, 0.4) is 0 Å². The average molecular weight is 431 g/mol. The Hall–Kier alpha value is -3.20. The van der Waals surface area contributed by atoms with Gasteiger partial charge in [-0.2, -0.15) is 0 Å². The highest BCUT2D eigenvalue weighted by Gasteiger charge is 2.13. The largest absolute Gasteiger partial charge is 0.441 e. The molecular weight excluding hydrogens is 412 g/mol. The summed E-state index contributed by atoms with van der Waals surface area (Å²) in [5.41, 5.74) is 0.702. The van der Waals surface area contributed by atoms with Gasteiger partial charge in [-0.3, -0.25) is 9.59 Å². The number of rotatable bonds is 6. The van der Waals surface area contributed by atoms with E-state index >= 15 is 0 Å². The maximum absolute atomic E-state index is 13.8. The standard InChI is InChI=1S/C21H19F2N3O3S/c1-26(2)21(28)30-15-6-4-14(5-7-15)25-19(27)9-10-20-24-12-18(29-20)16-8-3-13(22)11-17(16)23/h3-8,11-12H,9-10H2,1-2H3,(H,25,27). The van der Waals surface area contributed by atoms with Crippen LogP contribution < -0.4 is 5.32 Å². The molecule has 156 valence electrons. The first-order valence-corrected chi connectivity index (χ1v) is 9.82. The van der Waals surface area contributed by atoms with Crippen LogP contribution in [0.1, 0.15) is 12.3 Å². The molecule has 1 heterocycles. The van der Waals surface area contributed by atoms with Gasteiger partial charge in [0.15, 0.2) is 11.7 Å². The van der Waals surface area contributed by atoms with Crippen LogP contribution >= 0.6 is 11.8 Å². The molecular formula is C21H19F2N3O3S. The molecule has 0 fully saturated rings. The Balaban J connectivity index is 1.52. The molecule has 3 rings (SSSR count). The number of nitrogens with zero attached hydrogens (tertiary/aromatic N) is 2. The van der Waals surface area contributed by atoms with E-state index in [-0.39, 0.29) is 41.2 Å². The summed E-state index contributed by atoms with van der Waals surface area (Å²) in [5.74, 6) is -1.22. The lowest BCUT2D eigenvalue weighted by Crippen LogP contribution is -2.16. The van der Waals surface area contributed by atoms with Gasteiger partial charge < -0.3 is 14.6 Å². The first kappa shape index (κ1) is 21.5.